The van der Waals surface area contributed by atoms with Crippen molar-refractivity contribution in [1.82, 2.24) is 0 Å². The summed E-state index contributed by atoms with van der Waals surface area (Å²) in [5.41, 5.74) is 3.17. The molecule has 0 radical (unpaired) electrons. The molecule has 92 valence electrons. The molecule has 1 heterocycles. The monoisotopic (exact) mass is 232 g/mol. The molecule has 0 N–H and O–H groups in total. The normalized spacial score (nSPS) is 17.4. The van der Waals surface area contributed by atoms with Crippen LogP contribution in [0.25, 0.3) is 0 Å². The van der Waals surface area contributed by atoms with E-state index in [2.05, 4.69) is 37.8 Å². The Labute approximate surface area is 103 Å². The van der Waals surface area contributed by atoms with Crippen LogP contribution in [-0.4, -0.2) is 12.1 Å². The van der Waals surface area contributed by atoms with Crippen LogP contribution in [0.15, 0.2) is 23.4 Å². The zero-order valence-corrected chi connectivity index (χ0v) is 11.0. The maximum Gasteiger partial charge on any atom is 0.108 e. The van der Waals surface area contributed by atoms with Crippen LogP contribution in [0.4, 0.5) is 11.4 Å². The van der Waals surface area contributed by atoms with E-state index < -0.39 is 0 Å². The van der Waals surface area contributed by atoms with Crippen LogP contribution in [0.2, 0.25) is 0 Å². The van der Waals surface area contributed by atoms with Crippen LogP contribution in [-0.2, 0) is 6.42 Å². The summed E-state index contributed by atoms with van der Waals surface area (Å²) in [6, 6.07) is 5.76. The lowest BCUT2D eigenvalue weighted by Crippen LogP contribution is -2.43. The molecular weight excluding hydrogens is 212 g/mol. The van der Waals surface area contributed by atoms with Gasteiger partial charge in [0.25, 0.3) is 0 Å². The highest BCUT2D eigenvalue weighted by molar-refractivity contribution is 5.65. The van der Waals surface area contributed by atoms with E-state index in [4.69, 9.17) is 0 Å². The van der Waals surface area contributed by atoms with Crippen molar-refractivity contribution in [3.8, 4) is 0 Å². The highest BCUT2D eigenvalue weighted by Crippen LogP contribution is 2.40. The van der Waals surface area contributed by atoms with Gasteiger partial charge in [0.15, 0.2) is 0 Å². The molecule has 1 aromatic carbocycles. The summed E-state index contributed by atoms with van der Waals surface area (Å²) in [4.78, 5) is 13.0. The average molecular weight is 232 g/mol. The topological polar surface area (TPSA) is 32.7 Å². The van der Waals surface area contributed by atoms with Crippen molar-refractivity contribution < 1.29 is 0 Å². The van der Waals surface area contributed by atoms with E-state index in [1.807, 2.05) is 12.1 Å². The lowest BCUT2D eigenvalue weighted by Gasteiger charge is -2.35. The van der Waals surface area contributed by atoms with E-state index >= 15 is 0 Å². The van der Waals surface area contributed by atoms with Crippen molar-refractivity contribution in [3.63, 3.8) is 0 Å². The first-order chi connectivity index (χ1) is 7.94. The zero-order chi connectivity index (χ0) is 12.6. The largest absolute Gasteiger partial charge is 0.366 e. The van der Waals surface area contributed by atoms with Crippen LogP contribution < -0.4 is 4.90 Å². The van der Waals surface area contributed by atoms with Gasteiger partial charge in [-0.2, -0.15) is 0 Å². The Bertz CT molecular complexity index is 438. The van der Waals surface area contributed by atoms with Crippen molar-refractivity contribution in [2.24, 2.45) is 11.1 Å². The van der Waals surface area contributed by atoms with E-state index in [0.29, 0.717) is 11.6 Å². The first-order valence-electron chi connectivity index (χ1n) is 6.18. The Hall–Kier alpha value is -1.38. The molecule has 3 heteroatoms. The minimum atomic E-state index is 0.133. The molecule has 0 saturated heterocycles. The van der Waals surface area contributed by atoms with E-state index in [9.17, 15) is 4.91 Å². The van der Waals surface area contributed by atoms with Gasteiger partial charge in [-0.15, -0.1) is 4.91 Å². The summed E-state index contributed by atoms with van der Waals surface area (Å²) in [6.07, 6.45) is 0.985. The minimum Gasteiger partial charge on any atom is -0.366 e. The van der Waals surface area contributed by atoms with Crippen molar-refractivity contribution in [2.45, 2.75) is 39.7 Å². The fourth-order valence-corrected chi connectivity index (χ4v) is 2.63. The Morgan fingerprint density at radius 2 is 2.12 bits per heavy atom. The average Bonchev–Trinajstić information content (AvgIpc) is 2.48. The lowest BCUT2D eigenvalue weighted by molar-refractivity contribution is 0.454. The lowest BCUT2D eigenvalue weighted by atomic mass is 9.98. The highest BCUT2D eigenvalue weighted by atomic mass is 16.3. The summed E-state index contributed by atoms with van der Waals surface area (Å²) in [6.45, 7) is 10.0. The second-order valence-electron chi connectivity index (χ2n) is 5.90. The van der Waals surface area contributed by atoms with Gasteiger partial charge in [0.2, 0.25) is 0 Å². The van der Waals surface area contributed by atoms with Gasteiger partial charge < -0.3 is 4.90 Å². The third-order valence-electron chi connectivity index (χ3n) is 3.36. The van der Waals surface area contributed by atoms with E-state index in [1.165, 1.54) is 11.3 Å². The zero-order valence-electron chi connectivity index (χ0n) is 11.0. The van der Waals surface area contributed by atoms with Crippen molar-refractivity contribution in [3.05, 3.63) is 28.7 Å². The SMILES string of the molecule is CC(C)CN1c2ccc(N=O)cc2CC1(C)C. The van der Waals surface area contributed by atoms with E-state index in [0.717, 1.165) is 13.0 Å². The minimum absolute atomic E-state index is 0.133. The second-order valence-corrected chi connectivity index (χ2v) is 5.90. The Balaban J connectivity index is 2.39. The maximum absolute atomic E-state index is 10.6. The standard InChI is InChI=1S/C14H20N2O/c1-10(2)9-16-13-6-5-12(15-17)7-11(13)8-14(16,3)4/h5-7,10H,8-9H2,1-4H3. The smallest absolute Gasteiger partial charge is 0.108 e. The molecule has 0 aromatic heterocycles. The summed E-state index contributed by atoms with van der Waals surface area (Å²) in [5, 5.41) is 3.01. The van der Waals surface area contributed by atoms with Crippen LogP contribution >= 0.6 is 0 Å². The van der Waals surface area contributed by atoms with Gasteiger partial charge in [-0.25, -0.2) is 0 Å². The molecule has 0 amide bonds. The number of benzene rings is 1. The van der Waals surface area contributed by atoms with Gasteiger partial charge in [-0.1, -0.05) is 13.8 Å². The summed E-state index contributed by atoms with van der Waals surface area (Å²) < 4.78 is 0. The number of nitrogens with zero attached hydrogens (tertiary/aromatic N) is 2. The number of hydrogen-bond donors (Lipinski definition) is 0. The van der Waals surface area contributed by atoms with Gasteiger partial charge in [0, 0.05) is 17.8 Å². The molecule has 1 aromatic rings. The number of fused-ring (bicyclic) bond motifs is 1. The van der Waals surface area contributed by atoms with Crippen molar-refractivity contribution >= 4 is 11.4 Å². The Morgan fingerprint density at radius 3 is 2.71 bits per heavy atom. The molecule has 1 aliphatic heterocycles. The molecule has 0 bridgehead atoms. The Morgan fingerprint density at radius 1 is 1.41 bits per heavy atom. The molecule has 0 atom stereocenters. The number of anilines is 1. The van der Waals surface area contributed by atoms with E-state index in [-0.39, 0.29) is 5.54 Å². The molecule has 0 unspecified atom stereocenters. The highest BCUT2D eigenvalue weighted by Gasteiger charge is 2.35. The molecular formula is C14H20N2O. The second kappa shape index (κ2) is 4.13. The molecule has 0 fully saturated rings. The van der Waals surface area contributed by atoms with Crippen LogP contribution in [0.3, 0.4) is 0 Å². The number of nitroso groups, excluding NO2 is 1. The molecule has 1 aliphatic rings. The third-order valence-corrected chi connectivity index (χ3v) is 3.36. The fourth-order valence-electron chi connectivity index (χ4n) is 2.63. The Kier molecular flexibility index (Phi) is 2.94. The summed E-state index contributed by atoms with van der Waals surface area (Å²) in [5.74, 6) is 0.629. The van der Waals surface area contributed by atoms with Crippen LogP contribution in [0.1, 0.15) is 33.3 Å². The van der Waals surface area contributed by atoms with Crippen LogP contribution in [0, 0.1) is 10.8 Å². The van der Waals surface area contributed by atoms with Crippen LogP contribution in [0.5, 0.6) is 0 Å². The molecule has 0 spiro atoms. The van der Waals surface area contributed by atoms with Gasteiger partial charge >= 0.3 is 0 Å². The van der Waals surface area contributed by atoms with E-state index in [1.54, 1.807) is 6.07 Å². The quantitative estimate of drug-likeness (QED) is 0.741. The van der Waals surface area contributed by atoms with Crippen molar-refractivity contribution in [1.29, 1.82) is 0 Å². The fraction of sp³-hybridized carbons (Fsp3) is 0.571. The molecule has 2 rings (SSSR count). The molecule has 17 heavy (non-hydrogen) atoms. The van der Waals surface area contributed by atoms with Gasteiger partial charge in [0.1, 0.15) is 5.69 Å². The first-order valence-corrected chi connectivity index (χ1v) is 6.18. The van der Waals surface area contributed by atoms with Crippen molar-refractivity contribution in [2.75, 3.05) is 11.4 Å². The molecule has 0 saturated carbocycles. The summed E-state index contributed by atoms with van der Waals surface area (Å²) in [7, 11) is 0. The number of hydrogen-bond acceptors (Lipinski definition) is 3. The molecule has 0 aliphatic carbocycles. The predicted molar refractivity (Wildman–Crippen MR) is 71.9 cm³/mol. The molecule has 3 nitrogen and oxygen atoms in total. The van der Waals surface area contributed by atoms with Gasteiger partial charge in [-0.05, 0) is 55.1 Å². The van der Waals surface area contributed by atoms with Gasteiger partial charge in [-0.3, -0.25) is 0 Å². The van der Waals surface area contributed by atoms with Gasteiger partial charge in [0.05, 0.1) is 0 Å². The number of rotatable bonds is 3. The third kappa shape index (κ3) is 2.19. The maximum atomic E-state index is 10.6. The predicted octanol–water partition coefficient (Wildman–Crippen LogP) is 3.88. The summed E-state index contributed by atoms with van der Waals surface area (Å²) >= 11 is 0. The first kappa shape index (κ1) is 12.1.